The molecule has 1 aliphatic rings. The van der Waals surface area contributed by atoms with Gasteiger partial charge in [-0.05, 0) is 90.5 Å². The van der Waals surface area contributed by atoms with E-state index in [4.69, 9.17) is 0 Å². The van der Waals surface area contributed by atoms with Gasteiger partial charge >= 0.3 is 6.18 Å². The first-order valence-corrected chi connectivity index (χ1v) is 14.2. The predicted octanol–water partition coefficient (Wildman–Crippen LogP) is 10.8. The largest absolute Gasteiger partial charge is 0.458 e. The van der Waals surface area contributed by atoms with Crippen molar-refractivity contribution in [2.24, 2.45) is 17.8 Å². The highest BCUT2D eigenvalue weighted by atomic mass is 19.4. The number of hydrogen-bond donors (Lipinski definition) is 0. The molecule has 1 fully saturated rings. The fraction of sp³-hybridized carbons (Fsp3) is 0.412. The molecule has 1 aliphatic carbocycles. The first-order valence-electron chi connectivity index (χ1n) is 14.2. The average molecular weight is 593 g/mol. The molecular formula is C34H32F8. The third-order valence-electron chi connectivity index (χ3n) is 8.33. The van der Waals surface area contributed by atoms with Gasteiger partial charge in [-0.25, -0.2) is 22.0 Å². The molecule has 8 heteroatoms. The summed E-state index contributed by atoms with van der Waals surface area (Å²) in [4.78, 5) is 0. The van der Waals surface area contributed by atoms with Gasteiger partial charge in [0.2, 0.25) is 0 Å². The third kappa shape index (κ3) is 7.73. The van der Waals surface area contributed by atoms with Crippen molar-refractivity contribution in [1.29, 1.82) is 0 Å². The summed E-state index contributed by atoms with van der Waals surface area (Å²) in [5.41, 5.74) is -1.91. The van der Waals surface area contributed by atoms with E-state index in [2.05, 4.69) is 13.8 Å². The fourth-order valence-electron chi connectivity index (χ4n) is 6.03. The zero-order chi connectivity index (χ0) is 30.6. The molecule has 0 nitrogen and oxygen atoms in total. The second-order valence-electron chi connectivity index (χ2n) is 11.3. The van der Waals surface area contributed by atoms with Crippen LogP contribution >= 0.6 is 0 Å². The van der Waals surface area contributed by atoms with Crippen molar-refractivity contribution in [1.82, 2.24) is 0 Å². The molecule has 0 radical (unpaired) electrons. The predicted molar refractivity (Wildman–Crippen MR) is 148 cm³/mol. The Bertz CT molecular complexity index is 1420. The third-order valence-corrected chi connectivity index (χ3v) is 8.33. The topological polar surface area (TPSA) is 0 Å². The Morgan fingerprint density at radius 2 is 1.38 bits per heavy atom. The van der Waals surface area contributed by atoms with Gasteiger partial charge in [0, 0.05) is 11.5 Å². The zero-order valence-electron chi connectivity index (χ0n) is 23.5. The molecular weight excluding hydrogens is 560 g/mol. The summed E-state index contributed by atoms with van der Waals surface area (Å²) >= 11 is 0. The number of alkyl halides is 3. The van der Waals surface area contributed by atoms with E-state index >= 15 is 13.2 Å². The molecule has 1 unspecified atom stereocenters. The van der Waals surface area contributed by atoms with Gasteiger partial charge in [-0.2, -0.15) is 13.2 Å². The van der Waals surface area contributed by atoms with Gasteiger partial charge in [-0.1, -0.05) is 57.6 Å². The van der Waals surface area contributed by atoms with Crippen LogP contribution in [0.15, 0.2) is 42.5 Å². The van der Waals surface area contributed by atoms with Gasteiger partial charge in [0.25, 0.3) is 0 Å². The normalized spacial score (nSPS) is 18.0. The van der Waals surface area contributed by atoms with Crippen LogP contribution in [-0.4, -0.2) is 6.18 Å². The van der Waals surface area contributed by atoms with Crippen LogP contribution in [0, 0.1) is 58.7 Å². The van der Waals surface area contributed by atoms with Crippen LogP contribution in [0.5, 0.6) is 0 Å². The Hall–Kier alpha value is -3.34. The maximum Gasteiger partial charge on any atom is 0.458 e. The summed E-state index contributed by atoms with van der Waals surface area (Å²) in [6.45, 7) is 4.55. The smallest absolute Gasteiger partial charge is 0.206 e. The van der Waals surface area contributed by atoms with Crippen molar-refractivity contribution in [3.8, 4) is 34.1 Å². The molecule has 3 aromatic rings. The molecule has 4 rings (SSSR count). The molecule has 0 amide bonds. The maximum absolute atomic E-state index is 15.1. The first-order chi connectivity index (χ1) is 19.9. The van der Waals surface area contributed by atoms with Crippen LogP contribution in [-0.2, 0) is 6.42 Å². The molecule has 0 aliphatic heterocycles. The molecule has 0 bridgehead atoms. The number of aryl methyl sites for hydroxylation is 1. The van der Waals surface area contributed by atoms with E-state index in [1.165, 1.54) is 56.6 Å². The van der Waals surface area contributed by atoms with Crippen molar-refractivity contribution < 1.29 is 35.1 Å². The Labute approximate surface area is 241 Å². The molecule has 1 saturated carbocycles. The Balaban J connectivity index is 1.47. The highest BCUT2D eigenvalue weighted by molar-refractivity contribution is 5.73. The summed E-state index contributed by atoms with van der Waals surface area (Å²) in [6, 6.07) is 7.23. The molecule has 42 heavy (non-hydrogen) atoms. The minimum Gasteiger partial charge on any atom is -0.206 e. The molecule has 0 spiro atoms. The standard InChI is InChI=1S/C34H32F8/c1-3-4-20(2)23-10-7-21(8-11-23)5-6-22-9-12-26(28(35)15-22)24-16-31(38)33(32(39)17-24)25-18-29(36)27(30(37)19-25)13-14-34(40,41)42/h9,12,15-21,23H,3-8,10-11H2,1-2H3. The summed E-state index contributed by atoms with van der Waals surface area (Å²) in [7, 11) is 0. The highest BCUT2D eigenvalue weighted by Gasteiger charge is 2.26. The maximum atomic E-state index is 15.1. The van der Waals surface area contributed by atoms with Crippen molar-refractivity contribution in [2.45, 2.75) is 71.4 Å². The van der Waals surface area contributed by atoms with Crippen LogP contribution < -0.4 is 0 Å². The van der Waals surface area contributed by atoms with E-state index in [1.807, 2.05) is 0 Å². The second-order valence-corrected chi connectivity index (χ2v) is 11.3. The number of halogens is 8. The second kappa shape index (κ2) is 13.3. The van der Waals surface area contributed by atoms with Gasteiger partial charge in [0.1, 0.15) is 29.1 Å². The van der Waals surface area contributed by atoms with E-state index < -0.39 is 52.0 Å². The molecule has 3 aromatic carbocycles. The van der Waals surface area contributed by atoms with Crippen molar-refractivity contribution in [2.75, 3.05) is 0 Å². The summed E-state index contributed by atoms with van der Waals surface area (Å²) in [5, 5.41) is 0. The van der Waals surface area contributed by atoms with Crippen LogP contribution in [0.1, 0.15) is 69.9 Å². The summed E-state index contributed by atoms with van der Waals surface area (Å²) < 4.78 is 111. The van der Waals surface area contributed by atoms with Crippen LogP contribution in [0.25, 0.3) is 22.3 Å². The lowest BCUT2D eigenvalue weighted by atomic mass is 9.74. The quantitative estimate of drug-likeness (QED) is 0.180. The SMILES string of the molecule is CCCC(C)C1CCC(CCc2ccc(-c3cc(F)c(-c4cc(F)c(C#CC(F)(F)F)c(F)c4)c(F)c3)c(F)c2)CC1. The summed E-state index contributed by atoms with van der Waals surface area (Å²) in [6.07, 6.45) is 3.90. The Morgan fingerprint density at radius 3 is 1.93 bits per heavy atom. The number of rotatable bonds is 8. The van der Waals surface area contributed by atoms with Gasteiger partial charge in [-0.15, -0.1) is 0 Å². The zero-order valence-corrected chi connectivity index (χ0v) is 23.5. The van der Waals surface area contributed by atoms with Gasteiger partial charge in [-0.3, -0.25) is 0 Å². The van der Waals surface area contributed by atoms with Gasteiger partial charge < -0.3 is 0 Å². The van der Waals surface area contributed by atoms with Crippen LogP contribution in [0.3, 0.4) is 0 Å². The number of hydrogen-bond acceptors (Lipinski definition) is 0. The van der Waals surface area contributed by atoms with E-state index in [0.717, 1.165) is 41.9 Å². The minimum atomic E-state index is -4.98. The average Bonchev–Trinajstić information content (AvgIpc) is 2.91. The van der Waals surface area contributed by atoms with Gasteiger partial charge in [0.05, 0.1) is 11.1 Å². The molecule has 224 valence electrons. The molecule has 1 atom stereocenters. The van der Waals surface area contributed by atoms with E-state index in [0.29, 0.717) is 24.5 Å². The highest BCUT2D eigenvalue weighted by Crippen LogP contribution is 2.38. The lowest BCUT2D eigenvalue weighted by Crippen LogP contribution is -2.20. The minimum absolute atomic E-state index is 0.0383. The van der Waals surface area contributed by atoms with E-state index in [9.17, 15) is 22.0 Å². The van der Waals surface area contributed by atoms with Crippen LogP contribution in [0.4, 0.5) is 35.1 Å². The Morgan fingerprint density at radius 1 is 0.786 bits per heavy atom. The lowest BCUT2D eigenvalue weighted by Gasteiger charge is -2.32. The first kappa shape index (κ1) is 31.6. The van der Waals surface area contributed by atoms with E-state index in [-0.39, 0.29) is 11.1 Å². The van der Waals surface area contributed by atoms with Crippen molar-refractivity contribution in [3.05, 3.63) is 82.7 Å². The number of benzene rings is 3. The molecule has 0 N–H and O–H groups in total. The molecule has 0 saturated heterocycles. The van der Waals surface area contributed by atoms with Gasteiger partial charge in [0.15, 0.2) is 0 Å². The molecule has 0 heterocycles. The van der Waals surface area contributed by atoms with Crippen LogP contribution in [0.2, 0.25) is 0 Å². The van der Waals surface area contributed by atoms with E-state index in [1.54, 1.807) is 6.07 Å². The molecule has 0 aromatic heterocycles. The van der Waals surface area contributed by atoms with Crippen molar-refractivity contribution in [3.63, 3.8) is 0 Å². The fourth-order valence-corrected chi connectivity index (χ4v) is 6.03. The Kier molecular flexibility index (Phi) is 10.0. The monoisotopic (exact) mass is 592 g/mol. The summed E-state index contributed by atoms with van der Waals surface area (Å²) in [5.74, 6) is -1.88. The van der Waals surface area contributed by atoms with Crippen molar-refractivity contribution >= 4 is 0 Å². The lowest BCUT2D eigenvalue weighted by molar-refractivity contribution is -0.0696.